The number of esters is 1. The van der Waals surface area contributed by atoms with Crippen LogP contribution in [-0.2, 0) is 14.3 Å². The molecule has 2 aliphatic carbocycles. The number of hydrogen-bond acceptors (Lipinski definition) is 3. The van der Waals surface area contributed by atoms with Gasteiger partial charge in [-0.25, -0.2) is 0 Å². The number of ether oxygens (including phenoxy) is 2. The van der Waals surface area contributed by atoms with Crippen LogP contribution in [0, 0.1) is 11.8 Å². The van der Waals surface area contributed by atoms with Crippen molar-refractivity contribution in [2.24, 2.45) is 11.8 Å². The highest BCUT2D eigenvalue weighted by molar-refractivity contribution is 5.79. The number of methoxy groups -OCH3 is 2. The van der Waals surface area contributed by atoms with Crippen molar-refractivity contribution in [2.75, 3.05) is 14.2 Å². The van der Waals surface area contributed by atoms with Crippen LogP contribution in [0.25, 0.3) is 0 Å². The van der Waals surface area contributed by atoms with Crippen molar-refractivity contribution in [3.8, 4) is 0 Å². The minimum absolute atomic E-state index is 0.0289. The Morgan fingerprint density at radius 1 is 1.50 bits per heavy atom. The fraction of sp³-hybridized carbons (Fsp3) is 0.889. The van der Waals surface area contributed by atoms with Crippen molar-refractivity contribution in [3.63, 3.8) is 0 Å². The lowest BCUT2D eigenvalue weighted by Crippen LogP contribution is -2.19. The molecule has 68 valence electrons. The summed E-state index contributed by atoms with van der Waals surface area (Å²) in [5.74, 6) is 0.373. The molecule has 0 radical (unpaired) electrons. The third kappa shape index (κ3) is 0.774. The van der Waals surface area contributed by atoms with Gasteiger partial charge in [-0.15, -0.1) is 0 Å². The Morgan fingerprint density at radius 2 is 2.25 bits per heavy atom. The van der Waals surface area contributed by atoms with Crippen LogP contribution in [0.3, 0.4) is 0 Å². The van der Waals surface area contributed by atoms with Gasteiger partial charge in [0, 0.05) is 13.0 Å². The summed E-state index contributed by atoms with van der Waals surface area (Å²) in [6, 6.07) is 0. The van der Waals surface area contributed by atoms with Crippen LogP contribution < -0.4 is 0 Å². The maximum absolute atomic E-state index is 11.2. The molecule has 0 amide bonds. The van der Waals surface area contributed by atoms with Gasteiger partial charge in [-0.1, -0.05) is 6.42 Å². The molecule has 0 aromatic carbocycles. The molecule has 0 heterocycles. The first-order valence-electron chi connectivity index (χ1n) is 4.39. The lowest BCUT2D eigenvalue weighted by atomic mass is 10.1. The van der Waals surface area contributed by atoms with Gasteiger partial charge in [0.2, 0.25) is 0 Å². The third-order valence-corrected chi connectivity index (χ3v) is 3.37. The van der Waals surface area contributed by atoms with Crippen molar-refractivity contribution < 1.29 is 14.3 Å². The summed E-state index contributed by atoms with van der Waals surface area (Å²) in [5.41, 5.74) is -0.132. The molecule has 3 heteroatoms. The van der Waals surface area contributed by atoms with Gasteiger partial charge in [0.25, 0.3) is 0 Å². The predicted molar refractivity (Wildman–Crippen MR) is 42.6 cm³/mol. The second kappa shape index (κ2) is 2.46. The van der Waals surface area contributed by atoms with Crippen LogP contribution in [0.5, 0.6) is 0 Å². The Bertz CT molecular complexity index is 214. The van der Waals surface area contributed by atoms with Gasteiger partial charge in [0.15, 0.2) is 0 Å². The van der Waals surface area contributed by atoms with E-state index in [0.717, 1.165) is 12.8 Å². The molecule has 0 N–H and O–H groups in total. The minimum Gasteiger partial charge on any atom is -0.469 e. The minimum atomic E-state index is -0.132. The van der Waals surface area contributed by atoms with Gasteiger partial charge < -0.3 is 9.47 Å². The lowest BCUT2D eigenvalue weighted by Gasteiger charge is -2.11. The first-order chi connectivity index (χ1) is 5.76. The molecule has 0 spiro atoms. The van der Waals surface area contributed by atoms with E-state index in [1.165, 1.54) is 13.5 Å². The molecule has 0 saturated heterocycles. The smallest absolute Gasteiger partial charge is 0.312 e. The second-order valence-electron chi connectivity index (χ2n) is 3.66. The zero-order chi connectivity index (χ0) is 8.77. The molecular formula is C9H14O3. The zero-order valence-electron chi connectivity index (χ0n) is 7.50. The summed E-state index contributed by atoms with van der Waals surface area (Å²) in [7, 11) is 3.14. The van der Waals surface area contributed by atoms with E-state index < -0.39 is 0 Å². The van der Waals surface area contributed by atoms with Gasteiger partial charge in [-0.05, 0) is 12.8 Å². The number of rotatable bonds is 2. The summed E-state index contributed by atoms with van der Waals surface area (Å²) in [6.07, 6.45) is 3.33. The van der Waals surface area contributed by atoms with Gasteiger partial charge in [0.1, 0.15) is 0 Å². The van der Waals surface area contributed by atoms with Crippen molar-refractivity contribution in [1.29, 1.82) is 0 Å². The van der Waals surface area contributed by atoms with Crippen LogP contribution in [0.2, 0.25) is 0 Å². The molecule has 2 aliphatic rings. The molecule has 12 heavy (non-hydrogen) atoms. The van der Waals surface area contributed by atoms with E-state index in [1.54, 1.807) is 7.11 Å². The predicted octanol–water partition coefficient (Wildman–Crippen LogP) is 0.974. The van der Waals surface area contributed by atoms with Crippen LogP contribution in [0.15, 0.2) is 0 Å². The molecule has 0 aromatic rings. The fourth-order valence-electron chi connectivity index (χ4n) is 2.71. The molecule has 2 fully saturated rings. The Hall–Kier alpha value is -0.570. The molecular weight excluding hydrogens is 156 g/mol. The number of carbonyl (C=O) groups excluding carboxylic acids is 1. The van der Waals surface area contributed by atoms with Gasteiger partial charge in [0.05, 0.1) is 18.6 Å². The second-order valence-corrected chi connectivity index (χ2v) is 3.66. The zero-order valence-corrected chi connectivity index (χ0v) is 7.50. The van der Waals surface area contributed by atoms with E-state index >= 15 is 0 Å². The average Bonchev–Trinajstić information content (AvgIpc) is 2.54. The normalized spacial score (nSPS) is 43.8. The van der Waals surface area contributed by atoms with E-state index in [0.29, 0.717) is 5.92 Å². The first kappa shape index (κ1) is 8.05. The van der Waals surface area contributed by atoms with Crippen molar-refractivity contribution in [3.05, 3.63) is 0 Å². The van der Waals surface area contributed by atoms with Crippen molar-refractivity contribution in [1.82, 2.24) is 0 Å². The van der Waals surface area contributed by atoms with E-state index in [4.69, 9.17) is 9.47 Å². The quantitative estimate of drug-likeness (QED) is 0.579. The largest absolute Gasteiger partial charge is 0.469 e. The average molecular weight is 170 g/mol. The highest BCUT2D eigenvalue weighted by Gasteiger charge is 2.71. The van der Waals surface area contributed by atoms with E-state index in [1.807, 2.05) is 0 Å². The number of carbonyl (C=O) groups is 1. The Balaban J connectivity index is 2.09. The summed E-state index contributed by atoms with van der Waals surface area (Å²) >= 11 is 0. The maximum Gasteiger partial charge on any atom is 0.312 e. The Morgan fingerprint density at radius 3 is 2.75 bits per heavy atom. The highest BCUT2D eigenvalue weighted by Crippen LogP contribution is 2.63. The third-order valence-electron chi connectivity index (χ3n) is 3.37. The summed E-state index contributed by atoms with van der Waals surface area (Å²) in [4.78, 5) is 11.2. The van der Waals surface area contributed by atoms with Crippen molar-refractivity contribution in [2.45, 2.75) is 24.9 Å². The lowest BCUT2D eigenvalue weighted by molar-refractivity contribution is -0.144. The molecule has 0 aromatic heterocycles. The Kier molecular flexibility index (Phi) is 1.65. The molecule has 0 aliphatic heterocycles. The van der Waals surface area contributed by atoms with E-state index in [2.05, 4.69) is 0 Å². The van der Waals surface area contributed by atoms with E-state index in [-0.39, 0.29) is 17.5 Å². The monoisotopic (exact) mass is 170 g/mol. The number of fused-ring (bicyclic) bond motifs is 1. The van der Waals surface area contributed by atoms with Crippen LogP contribution in [-0.4, -0.2) is 25.8 Å². The van der Waals surface area contributed by atoms with Crippen LogP contribution in [0.1, 0.15) is 19.3 Å². The summed E-state index contributed by atoms with van der Waals surface area (Å²) in [5, 5.41) is 0. The van der Waals surface area contributed by atoms with Gasteiger partial charge >= 0.3 is 5.97 Å². The fourth-order valence-corrected chi connectivity index (χ4v) is 2.71. The van der Waals surface area contributed by atoms with Crippen LogP contribution in [0.4, 0.5) is 0 Å². The molecule has 3 atom stereocenters. The van der Waals surface area contributed by atoms with Gasteiger partial charge in [-0.2, -0.15) is 0 Å². The van der Waals surface area contributed by atoms with Crippen molar-refractivity contribution >= 4 is 5.97 Å². The highest BCUT2D eigenvalue weighted by atomic mass is 16.5. The van der Waals surface area contributed by atoms with Crippen LogP contribution >= 0.6 is 0 Å². The SMILES string of the molecule is COC(=O)C1[C@H]2CCC[C@@]12OC. The molecule has 2 rings (SSSR count). The first-order valence-corrected chi connectivity index (χ1v) is 4.39. The summed E-state index contributed by atoms with van der Waals surface area (Å²) in [6.45, 7) is 0. The number of hydrogen-bond donors (Lipinski definition) is 0. The summed E-state index contributed by atoms with van der Waals surface area (Å²) < 4.78 is 10.1. The molecule has 1 unspecified atom stereocenters. The molecule has 0 bridgehead atoms. The topological polar surface area (TPSA) is 35.5 Å². The molecule has 3 nitrogen and oxygen atoms in total. The molecule has 2 saturated carbocycles. The maximum atomic E-state index is 11.2. The standard InChI is InChI=1S/C9H14O3/c1-11-8(10)7-6-4-3-5-9(6,7)12-2/h6-7H,3-5H2,1-2H3/t6-,7?,9+/m1/s1. The Labute approximate surface area is 72.0 Å². The van der Waals surface area contributed by atoms with E-state index in [9.17, 15) is 4.79 Å². The van der Waals surface area contributed by atoms with Gasteiger partial charge in [-0.3, -0.25) is 4.79 Å².